The molecule has 1 heterocycles. The summed E-state index contributed by atoms with van der Waals surface area (Å²) in [6, 6.07) is 12.3. The van der Waals surface area contributed by atoms with Gasteiger partial charge in [0.25, 0.3) is 6.29 Å². The molecule has 0 amide bonds. The van der Waals surface area contributed by atoms with E-state index in [0.717, 1.165) is 44.6 Å². The van der Waals surface area contributed by atoms with Crippen molar-refractivity contribution in [2.24, 2.45) is 5.92 Å². The van der Waals surface area contributed by atoms with Crippen molar-refractivity contribution in [2.45, 2.75) is 64.8 Å². The molecule has 1 saturated heterocycles. The monoisotopic (exact) mass is 578 g/mol. The third kappa shape index (κ3) is 7.77. The van der Waals surface area contributed by atoms with E-state index < -0.39 is 29.9 Å². The van der Waals surface area contributed by atoms with E-state index in [1.54, 1.807) is 0 Å². The van der Waals surface area contributed by atoms with E-state index in [2.05, 4.69) is 6.92 Å². The molecule has 0 saturated carbocycles. The van der Waals surface area contributed by atoms with E-state index >= 15 is 0 Å². The summed E-state index contributed by atoms with van der Waals surface area (Å²) in [7, 11) is 0. The van der Waals surface area contributed by atoms with Crippen LogP contribution in [0.5, 0.6) is 11.5 Å². The molecule has 1 aliphatic heterocycles. The van der Waals surface area contributed by atoms with Crippen LogP contribution in [0.2, 0.25) is 0 Å². The molecule has 3 aromatic carbocycles. The molecule has 1 aliphatic rings. The van der Waals surface area contributed by atoms with E-state index in [4.69, 9.17) is 18.9 Å². The minimum atomic E-state index is -3.82. The standard InChI is InChI=1S/C32H35F5O4/c1-3-5-7-8-21-19-39-31(40-20-21)32(36,37)41-24-13-14-25(27(33)18-24)22-9-11-23(12-10-22)26-15-16-28(30(35)29(26)34)38-17-6-4-2/h9-16,18,21,31H,3-8,17,19-20H2,1-2H3. The minimum Gasteiger partial charge on any atom is -0.490 e. The number of ether oxygens (including phenoxy) is 4. The quantitative estimate of drug-likeness (QED) is 0.150. The number of halogens is 5. The van der Waals surface area contributed by atoms with Crippen molar-refractivity contribution >= 4 is 0 Å². The van der Waals surface area contributed by atoms with Crippen LogP contribution in [0.4, 0.5) is 22.0 Å². The first-order valence-electron chi connectivity index (χ1n) is 14.0. The molecule has 0 unspecified atom stereocenters. The Bertz CT molecular complexity index is 1270. The molecule has 1 fully saturated rings. The first-order chi connectivity index (χ1) is 19.7. The van der Waals surface area contributed by atoms with Crippen molar-refractivity contribution in [1.82, 2.24) is 0 Å². The summed E-state index contributed by atoms with van der Waals surface area (Å²) in [5.41, 5.74) is 0.949. The zero-order valence-corrected chi connectivity index (χ0v) is 23.2. The van der Waals surface area contributed by atoms with Crippen molar-refractivity contribution < 1.29 is 40.9 Å². The molecule has 0 aromatic heterocycles. The maximum absolute atomic E-state index is 15.0. The topological polar surface area (TPSA) is 36.9 Å². The van der Waals surface area contributed by atoms with Crippen LogP contribution in [0.3, 0.4) is 0 Å². The fourth-order valence-corrected chi connectivity index (χ4v) is 4.61. The molecule has 0 bridgehead atoms. The lowest BCUT2D eigenvalue weighted by Gasteiger charge is -2.33. The highest BCUT2D eigenvalue weighted by atomic mass is 19.3. The van der Waals surface area contributed by atoms with E-state index in [0.29, 0.717) is 11.1 Å². The average Bonchev–Trinajstić information content (AvgIpc) is 2.96. The molecule has 4 nitrogen and oxygen atoms in total. The van der Waals surface area contributed by atoms with Crippen LogP contribution < -0.4 is 9.47 Å². The Kier molecular flexibility index (Phi) is 10.6. The van der Waals surface area contributed by atoms with Gasteiger partial charge in [0, 0.05) is 23.1 Å². The summed E-state index contributed by atoms with van der Waals surface area (Å²) in [6.45, 7) is 4.63. The summed E-state index contributed by atoms with van der Waals surface area (Å²) in [4.78, 5) is 0. The Hall–Kier alpha value is -3.17. The molecule has 0 atom stereocenters. The Balaban J connectivity index is 1.40. The van der Waals surface area contributed by atoms with Gasteiger partial charge < -0.3 is 18.9 Å². The second-order valence-corrected chi connectivity index (χ2v) is 10.2. The Morgan fingerprint density at radius 2 is 1.41 bits per heavy atom. The molecule has 0 radical (unpaired) electrons. The third-order valence-corrected chi connectivity index (χ3v) is 6.96. The van der Waals surface area contributed by atoms with Crippen molar-refractivity contribution in [3.05, 3.63) is 72.0 Å². The lowest BCUT2D eigenvalue weighted by molar-refractivity contribution is -0.352. The van der Waals surface area contributed by atoms with Crippen molar-refractivity contribution in [1.29, 1.82) is 0 Å². The second-order valence-electron chi connectivity index (χ2n) is 10.2. The Morgan fingerprint density at radius 3 is 2.05 bits per heavy atom. The summed E-state index contributed by atoms with van der Waals surface area (Å²) >= 11 is 0. The lowest BCUT2D eigenvalue weighted by Crippen LogP contribution is -2.47. The largest absolute Gasteiger partial charge is 0.490 e. The molecule has 0 aliphatic carbocycles. The molecular weight excluding hydrogens is 543 g/mol. The molecule has 0 N–H and O–H groups in total. The predicted octanol–water partition coefficient (Wildman–Crippen LogP) is 9.16. The number of hydrogen-bond acceptors (Lipinski definition) is 4. The van der Waals surface area contributed by atoms with Gasteiger partial charge >= 0.3 is 6.11 Å². The fraction of sp³-hybridized carbons (Fsp3) is 0.438. The van der Waals surface area contributed by atoms with E-state index in [-0.39, 0.29) is 48.4 Å². The highest BCUT2D eigenvalue weighted by Crippen LogP contribution is 2.35. The van der Waals surface area contributed by atoms with Gasteiger partial charge in [-0.15, -0.1) is 0 Å². The molecular formula is C32H35F5O4. The molecule has 3 aromatic rings. The van der Waals surface area contributed by atoms with Crippen molar-refractivity contribution in [3.8, 4) is 33.8 Å². The fourth-order valence-electron chi connectivity index (χ4n) is 4.61. The zero-order chi connectivity index (χ0) is 29.4. The van der Waals surface area contributed by atoms with Crippen molar-refractivity contribution in [2.75, 3.05) is 19.8 Å². The molecule has 9 heteroatoms. The molecule has 41 heavy (non-hydrogen) atoms. The molecule has 4 rings (SSSR count). The van der Waals surface area contributed by atoms with Crippen LogP contribution in [0, 0.1) is 23.4 Å². The second kappa shape index (κ2) is 14.1. The number of benzene rings is 3. The minimum absolute atomic E-state index is 0.0303. The Morgan fingerprint density at radius 1 is 0.780 bits per heavy atom. The van der Waals surface area contributed by atoms with Gasteiger partial charge in [0.2, 0.25) is 5.82 Å². The molecule has 222 valence electrons. The normalized spacial score (nSPS) is 17.4. The number of rotatable bonds is 13. The third-order valence-electron chi connectivity index (χ3n) is 6.96. The highest BCUT2D eigenvalue weighted by Gasteiger charge is 2.47. The van der Waals surface area contributed by atoms with Gasteiger partial charge in [-0.05, 0) is 48.2 Å². The summed E-state index contributed by atoms with van der Waals surface area (Å²) in [5, 5.41) is 0. The van der Waals surface area contributed by atoms with Gasteiger partial charge in [0.05, 0.1) is 19.8 Å². The summed E-state index contributed by atoms with van der Waals surface area (Å²) in [5.74, 6) is -3.40. The number of hydrogen-bond donors (Lipinski definition) is 0. The van der Waals surface area contributed by atoms with Gasteiger partial charge in [-0.2, -0.15) is 13.2 Å². The van der Waals surface area contributed by atoms with Crippen LogP contribution in [-0.4, -0.2) is 32.2 Å². The maximum Gasteiger partial charge on any atom is 0.451 e. The number of alkyl halides is 2. The number of unbranched alkanes of at least 4 members (excludes halogenated alkanes) is 3. The van der Waals surface area contributed by atoms with E-state index in [9.17, 15) is 22.0 Å². The van der Waals surface area contributed by atoms with Gasteiger partial charge in [-0.25, -0.2) is 8.78 Å². The van der Waals surface area contributed by atoms with Crippen LogP contribution >= 0.6 is 0 Å². The van der Waals surface area contributed by atoms with Gasteiger partial charge in [-0.1, -0.05) is 63.8 Å². The predicted molar refractivity (Wildman–Crippen MR) is 146 cm³/mol. The summed E-state index contributed by atoms with van der Waals surface area (Å²) < 4.78 is 94.1. The van der Waals surface area contributed by atoms with Crippen LogP contribution in [0.25, 0.3) is 22.3 Å². The van der Waals surface area contributed by atoms with Gasteiger partial charge in [0.15, 0.2) is 11.6 Å². The van der Waals surface area contributed by atoms with Crippen LogP contribution in [-0.2, 0) is 9.47 Å². The highest BCUT2D eigenvalue weighted by molar-refractivity contribution is 5.71. The van der Waals surface area contributed by atoms with Gasteiger partial charge in [-0.3, -0.25) is 0 Å². The smallest absolute Gasteiger partial charge is 0.451 e. The van der Waals surface area contributed by atoms with Crippen LogP contribution in [0.1, 0.15) is 52.4 Å². The summed E-state index contributed by atoms with van der Waals surface area (Å²) in [6.07, 6.45) is -0.173. The van der Waals surface area contributed by atoms with Crippen molar-refractivity contribution in [3.63, 3.8) is 0 Å². The maximum atomic E-state index is 15.0. The lowest BCUT2D eigenvalue weighted by atomic mass is 9.99. The average molecular weight is 579 g/mol. The molecule has 0 spiro atoms. The van der Waals surface area contributed by atoms with Crippen LogP contribution in [0.15, 0.2) is 54.6 Å². The first kappa shape index (κ1) is 30.8. The first-order valence-corrected chi connectivity index (χ1v) is 14.0. The van der Waals surface area contributed by atoms with E-state index in [1.165, 1.54) is 48.5 Å². The van der Waals surface area contributed by atoms with E-state index in [1.807, 2.05) is 6.92 Å². The van der Waals surface area contributed by atoms with Gasteiger partial charge in [0.1, 0.15) is 11.6 Å². The Labute approximate surface area is 237 Å². The zero-order valence-electron chi connectivity index (χ0n) is 23.2. The SMILES string of the molecule is CCCCCC1COC(C(F)(F)Oc2ccc(-c3ccc(-c4ccc(OCCCC)c(F)c4F)cc3)c(F)c2)OC1.